The number of nitrogens with one attached hydrogen (secondary N) is 1. The number of para-hydroxylation sites is 1. The van der Waals surface area contributed by atoms with E-state index in [1.807, 2.05) is 63.2 Å². The fraction of sp³-hybridized carbons (Fsp3) is 0.333. The third-order valence-electron chi connectivity index (χ3n) is 4.30. The van der Waals surface area contributed by atoms with Crippen molar-refractivity contribution in [2.24, 2.45) is 0 Å². The van der Waals surface area contributed by atoms with Crippen LogP contribution in [-0.4, -0.2) is 42.9 Å². The van der Waals surface area contributed by atoms with Crippen molar-refractivity contribution in [1.82, 2.24) is 4.90 Å². The number of nitrogens with zero attached hydrogens (tertiary/aromatic N) is 2. The number of carbonyl (C=O) groups is 2. The van der Waals surface area contributed by atoms with E-state index in [9.17, 15) is 9.59 Å². The molecular formula is C21H27N3O2. The second kappa shape index (κ2) is 9.61. The normalized spacial score (nSPS) is 10.3. The van der Waals surface area contributed by atoms with E-state index in [-0.39, 0.29) is 18.4 Å². The summed E-state index contributed by atoms with van der Waals surface area (Å²) in [5.74, 6) is -0.0105. The summed E-state index contributed by atoms with van der Waals surface area (Å²) in [7, 11) is 0. The molecule has 2 amide bonds. The second-order valence-corrected chi connectivity index (χ2v) is 5.89. The first kappa shape index (κ1) is 19.5. The molecule has 0 fully saturated rings. The maximum atomic E-state index is 12.9. The number of amides is 2. The van der Waals surface area contributed by atoms with E-state index in [4.69, 9.17) is 0 Å². The lowest BCUT2D eigenvalue weighted by molar-refractivity contribution is -0.128. The van der Waals surface area contributed by atoms with Crippen LogP contribution in [0.2, 0.25) is 0 Å². The molecule has 0 aromatic heterocycles. The van der Waals surface area contributed by atoms with Gasteiger partial charge in [0.1, 0.15) is 0 Å². The van der Waals surface area contributed by atoms with Gasteiger partial charge in [-0.1, -0.05) is 24.3 Å². The van der Waals surface area contributed by atoms with E-state index in [1.165, 1.54) is 0 Å². The lowest BCUT2D eigenvalue weighted by atomic mass is 10.1. The summed E-state index contributed by atoms with van der Waals surface area (Å²) >= 11 is 0. The van der Waals surface area contributed by atoms with Crippen molar-refractivity contribution >= 4 is 23.2 Å². The van der Waals surface area contributed by atoms with Gasteiger partial charge in [0.05, 0.1) is 6.54 Å². The minimum Gasteiger partial charge on any atom is -0.376 e. The predicted molar refractivity (Wildman–Crippen MR) is 107 cm³/mol. The summed E-state index contributed by atoms with van der Waals surface area (Å²) in [6, 6.07) is 16.9. The van der Waals surface area contributed by atoms with Crippen molar-refractivity contribution in [2.75, 3.05) is 36.4 Å². The SMILES string of the molecule is CCN(CC)C(=O)CNc1cccc(C(=O)N(CC)c2ccccc2)c1. The van der Waals surface area contributed by atoms with Crippen LogP contribution in [0.1, 0.15) is 31.1 Å². The van der Waals surface area contributed by atoms with Gasteiger partial charge in [0.15, 0.2) is 0 Å². The number of likely N-dealkylation sites (N-methyl/N-ethyl adjacent to an activating group) is 1. The summed E-state index contributed by atoms with van der Waals surface area (Å²) in [5.41, 5.74) is 2.23. The molecule has 0 bridgehead atoms. The molecule has 0 saturated heterocycles. The number of hydrogen-bond acceptors (Lipinski definition) is 3. The summed E-state index contributed by atoms with van der Waals surface area (Å²) in [6.07, 6.45) is 0. The molecule has 2 aromatic carbocycles. The summed E-state index contributed by atoms with van der Waals surface area (Å²) in [6.45, 7) is 8.07. The van der Waals surface area contributed by atoms with Crippen molar-refractivity contribution in [3.8, 4) is 0 Å². The number of rotatable bonds is 8. The summed E-state index contributed by atoms with van der Waals surface area (Å²) in [5, 5.41) is 3.12. The molecule has 26 heavy (non-hydrogen) atoms. The third-order valence-corrected chi connectivity index (χ3v) is 4.30. The Hall–Kier alpha value is -2.82. The van der Waals surface area contributed by atoms with Gasteiger partial charge in [-0.15, -0.1) is 0 Å². The highest BCUT2D eigenvalue weighted by Gasteiger charge is 2.16. The van der Waals surface area contributed by atoms with Crippen LogP contribution in [0, 0.1) is 0 Å². The molecule has 138 valence electrons. The van der Waals surface area contributed by atoms with Crippen molar-refractivity contribution < 1.29 is 9.59 Å². The van der Waals surface area contributed by atoms with Crippen LogP contribution in [0.25, 0.3) is 0 Å². The van der Waals surface area contributed by atoms with Crippen LogP contribution in [0.3, 0.4) is 0 Å². The zero-order valence-electron chi connectivity index (χ0n) is 15.7. The molecule has 1 N–H and O–H groups in total. The smallest absolute Gasteiger partial charge is 0.258 e. The zero-order valence-corrected chi connectivity index (χ0v) is 15.7. The average molecular weight is 353 g/mol. The standard InChI is InChI=1S/C21H27N3O2/c1-4-23(5-2)20(25)16-22-18-12-10-11-17(15-18)21(26)24(6-3)19-13-8-7-9-14-19/h7-15,22H,4-6,16H2,1-3H3. The molecule has 2 aromatic rings. The maximum Gasteiger partial charge on any atom is 0.258 e. The maximum absolute atomic E-state index is 12.9. The van der Waals surface area contributed by atoms with Crippen molar-refractivity contribution in [1.29, 1.82) is 0 Å². The molecule has 0 unspecified atom stereocenters. The highest BCUT2D eigenvalue weighted by molar-refractivity contribution is 6.06. The first-order chi connectivity index (χ1) is 12.6. The monoisotopic (exact) mass is 353 g/mol. The molecular weight excluding hydrogens is 326 g/mol. The van der Waals surface area contributed by atoms with Crippen LogP contribution in [0.5, 0.6) is 0 Å². The molecule has 0 heterocycles. The molecule has 5 heteroatoms. The first-order valence-corrected chi connectivity index (χ1v) is 9.09. The Morgan fingerprint density at radius 1 is 0.885 bits per heavy atom. The van der Waals surface area contributed by atoms with Gasteiger partial charge in [0.25, 0.3) is 5.91 Å². The fourth-order valence-electron chi connectivity index (χ4n) is 2.84. The Morgan fingerprint density at radius 3 is 2.19 bits per heavy atom. The second-order valence-electron chi connectivity index (χ2n) is 5.89. The van der Waals surface area contributed by atoms with Gasteiger partial charge in [-0.3, -0.25) is 9.59 Å². The molecule has 0 aliphatic carbocycles. The number of anilines is 2. The molecule has 0 radical (unpaired) electrons. The summed E-state index contributed by atoms with van der Waals surface area (Å²) < 4.78 is 0. The van der Waals surface area contributed by atoms with Gasteiger partial charge in [-0.2, -0.15) is 0 Å². The Morgan fingerprint density at radius 2 is 1.58 bits per heavy atom. The van der Waals surface area contributed by atoms with Gasteiger partial charge in [-0.25, -0.2) is 0 Å². The van der Waals surface area contributed by atoms with Crippen molar-refractivity contribution in [2.45, 2.75) is 20.8 Å². The molecule has 2 rings (SSSR count). The van der Waals surface area contributed by atoms with E-state index >= 15 is 0 Å². The van der Waals surface area contributed by atoms with Gasteiger partial charge < -0.3 is 15.1 Å². The molecule has 0 aliphatic heterocycles. The van der Waals surface area contributed by atoms with Gasteiger partial charge in [0, 0.05) is 36.6 Å². The number of hydrogen-bond donors (Lipinski definition) is 1. The zero-order chi connectivity index (χ0) is 18.9. The largest absolute Gasteiger partial charge is 0.376 e. The quantitative estimate of drug-likeness (QED) is 0.788. The van der Waals surface area contributed by atoms with Crippen LogP contribution in [-0.2, 0) is 4.79 Å². The topological polar surface area (TPSA) is 52.7 Å². The van der Waals surface area contributed by atoms with E-state index < -0.39 is 0 Å². The average Bonchev–Trinajstić information content (AvgIpc) is 2.69. The van der Waals surface area contributed by atoms with Crippen molar-refractivity contribution in [3.63, 3.8) is 0 Å². The third kappa shape index (κ3) is 4.85. The van der Waals surface area contributed by atoms with E-state index in [1.54, 1.807) is 21.9 Å². The van der Waals surface area contributed by atoms with E-state index in [0.717, 1.165) is 11.4 Å². The van der Waals surface area contributed by atoms with Gasteiger partial charge in [-0.05, 0) is 51.1 Å². The Balaban J connectivity index is 2.10. The van der Waals surface area contributed by atoms with Crippen LogP contribution in [0.4, 0.5) is 11.4 Å². The van der Waals surface area contributed by atoms with Gasteiger partial charge in [0.2, 0.25) is 5.91 Å². The first-order valence-electron chi connectivity index (χ1n) is 9.09. The van der Waals surface area contributed by atoms with E-state index in [0.29, 0.717) is 25.2 Å². The van der Waals surface area contributed by atoms with Crippen LogP contribution >= 0.6 is 0 Å². The van der Waals surface area contributed by atoms with Gasteiger partial charge >= 0.3 is 0 Å². The van der Waals surface area contributed by atoms with Crippen LogP contribution in [0.15, 0.2) is 54.6 Å². The molecule has 5 nitrogen and oxygen atoms in total. The molecule has 0 spiro atoms. The Bertz CT molecular complexity index is 727. The summed E-state index contributed by atoms with van der Waals surface area (Å²) in [4.78, 5) is 28.5. The number of carbonyl (C=O) groups excluding carboxylic acids is 2. The van der Waals surface area contributed by atoms with Crippen LogP contribution < -0.4 is 10.2 Å². The predicted octanol–water partition coefficient (Wildman–Crippen LogP) is 3.63. The Labute approximate surface area is 155 Å². The minimum atomic E-state index is -0.0579. The fourth-order valence-corrected chi connectivity index (χ4v) is 2.84. The van der Waals surface area contributed by atoms with Crippen molar-refractivity contribution in [3.05, 3.63) is 60.2 Å². The van der Waals surface area contributed by atoms with E-state index in [2.05, 4.69) is 5.32 Å². The minimum absolute atomic E-state index is 0.0474. The highest BCUT2D eigenvalue weighted by atomic mass is 16.2. The number of benzene rings is 2. The molecule has 0 atom stereocenters. The lowest BCUT2D eigenvalue weighted by Crippen LogP contribution is -2.35. The Kier molecular flexibility index (Phi) is 7.21. The molecule has 0 aliphatic rings. The lowest BCUT2D eigenvalue weighted by Gasteiger charge is -2.22. The highest BCUT2D eigenvalue weighted by Crippen LogP contribution is 2.18. The molecule has 0 saturated carbocycles.